The molecular formula is C18H20N2OS. The molecule has 114 valence electrons. The third kappa shape index (κ3) is 2.57. The highest BCUT2D eigenvalue weighted by atomic mass is 32.1. The first-order chi connectivity index (χ1) is 10.8. The van der Waals surface area contributed by atoms with Crippen molar-refractivity contribution in [3.8, 4) is 11.1 Å². The quantitative estimate of drug-likeness (QED) is 0.922. The number of nitrogens with zero attached hydrogens (tertiary/aromatic N) is 1. The molecular weight excluding hydrogens is 292 g/mol. The Morgan fingerprint density at radius 1 is 1.09 bits per heavy atom. The molecule has 2 bridgehead atoms. The Balaban J connectivity index is 1.60. The van der Waals surface area contributed by atoms with E-state index in [1.165, 1.54) is 12.8 Å². The van der Waals surface area contributed by atoms with Crippen LogP contribution >= 0.6 is 11.3 Å². The van der Waals surface area contributed by atoms with Gasteiger partial charge >= 0.3 is 0 Å². The van der Waals surface area contributed by atoms with Crippen molar-refractivity contribution < 1.29 is 4.79 Å². The summed E-state index contributed by atoms with van der Waals surface area (Å²) in [6, 6.07) is 13.4. The molecule has 2 saturated heterocycles. The minimum absolute atomic E-state index is 0.197. The van der Waals surface area contributed by atoms with Crippen LogP contribution in [0.15, 0.2) is 41.8 Å². The highest BCUT2D eigenvalue weighted by molar-refractivity contribution is 7.12. The van der Waals surface area contributed by atoms with Gasteiger partial charge in [0.25, 0.3) is 5.91 Å². The maximum Gasteiger partial charge on any atom is 0.264 e. The smallest absolute Gasteiger partial charge is 0.264 e. The van der Waals surface area contributed by atoms with Crippen LogP contribution in [0.1, 0.15) is 28.9 Å². The van der Waals surface area contributed by atoms with E-state index in [4.69, 9.17) is 0 Å². The van der Waals surface area contributed by atoms with Gasteiger partial charge in [0.2, 0.25) is 0 Å². The highest BCUT2D eigenvalue weighted by Gasteiger charge is 2.32. The van der Waals surface area contributed by atoms with Crippen LogP contribution in [0.4, 0.5) is 0 Å². The highest BCUT2D eigenvalue weighted by Crippen LogP contribution is 2.30. The van der Waals surface area contributed by atoms with Crippen molar-refractivity contribution in [2.24, 2.45) is 0 Å². The standard InChI is InChI=1S/C18H20N2OS/c21-18(20-10-8-14-6-7-15(12-20)19-14)17-16(9-11-22-17)13-4-2-1-3-5-13/h1-5,9,11,14-15,19H,6-8,10,12H2. The van der Waals surface area contributed by atoms with Crippen molar-refractivity contribution in [1.29, 1.82) is 0 Å². The van der Waals surface area contributed by atoms with Gasteiger partial charge in [-0.1, -0.05) is 30.3 Å². The van der Waals surface area contributed by atoms with E-state index in [-0.39, 0.29) is 5.91 Å². The molecule has 0 aliphatic carbocycles. The lowest BCUT2D eigenvalue weighted by Gasteiger charge is -2.24. The van der Waals surface area contributed by atoms with E-state index in [1.54, 1.807) is 11.3 Å². The summed E-state index contributed by atoms with van der Waals surface area (Å²) in [5.41, 5.74) is 2.19. The lowest BCUT2D eigenvalue weighted by atomic mass is 10.1. The lowest BCUT2D eigenvalue weighted by molar-refractivity contribution is 0.0753. The molecule has 4 rings (SSSR count). The Labute approximate surface area is 135 Å². The molecule has 0 spiro atoms. The van der Waals surface area contributed by atoms with Gasteiger partial charge in [0.1, 0.15) is 0 Å². The van der Waals surface area contributed by atoms with E-state index in [0.717, 1.165) is 35.5 Å². The van der Waals surface area contributed by atoms with Crippen molar-refractivity contribution in [2.75, 3.05) is 13.1 Å². The first-order valence-corrected chi connectivity index (χ1v) is 8.87. The van der Waals surface area contributed by atoms with Crippen LogP contribution in [0.25, 0.3) is 11.1 Å². The summed E-state index contributed by atoms with van der Waals surface area (Å²) in [6.45, 7) is 1.72. The number of carbonyl (C=O) groups is 1. The van der Waals surface area contributed by atoms with E-state index in [1.807, 2.05) is 23.6 Å². The van der Waals surface area contributed by atoms with Gasteiger partial charge in [-0.05, 0) is 36.3 Å². The van der Waals surface area contributed by atoms with E-state index in [0.29, 0.717) is 12.1 Å². The Morgan fingerprint density at radius 2 is 1.91 bits per heavy atom. The van der Waals surface area contributed by atoms with E-state index >= 15 is 0 Å². The fourth-order valence-corrected chi connectivity index (χ4v) is 4.47. The van der Waals surface area contributed by atoms with Crippen LogP contribution in [0.3, 0.4) is 0 Å². The number of amides is 1. The zero-order valence-electron chi connectivity index (χ0n) is 12.5. The molecule has 2 atom stereocenters. The fraction of sp³-hybridized carbons (Fsp3) is 0.389. The fourth-order valence-electron chi connectivity index (χ4n) is 3.59. The normalized spacial score (nSPS) is 24.3. The SMILES string of the molecule is O=C(c1sccc1-c1ccccc1)N1CCC2CCC(C1)N2. The number of hydrogen-bond donors (Lipinski definition) is 1. The van der Waals surface area contributed by atoms with Crippen molar-refractivity contribution in [3.63, 3.8) is 0 Å². The van der Waals surface area contributed by atoms with Crippen LogP contribution in [0.5, 0.6) is 0 Å². The average molecular weight is 312 g/mol. The topological polar surface area (TPSA) is 32.3 Å². The molecule has 2 unspecified atom stereocenters. The van der Waals surface area contributed by atoms with Crippen LogP contribution in [-0.2, 0) is 0 Å². The molecule has 3 heterocycles. The molecule has 1 aromatic heterocycles. The maximum atomic E-state index is 13.0. The Bertz CT molecular complexity index is 667. The molecule has 1 amide bonds. The zero-order chi connectivity index (χ0) is 14.9. The third-order valence-corrected chi connectivity index (χ3v) is 5.66. The zero-order valence-corrected chi connectivity index (χ0v) is 13.3. The molecule has 2 aromatic rings. The second-order valence-corrected chi connectivity index (χ2v) is 7.12. The monoisotopic (exact) mass is 312 g/mol. The molecule has 1 aromatic carbocycles. The summed E-state index contributed by atoms with van der Waals surface area (Å²) < 4.78 is 0. The third-order valence-electron chi connectivity index (χ3n) is 4.75. The molecule has 22 heavy (non-hydrogen) atoms. The average Bonchev–Trinajstić information content (AvgIpc) is 3.14. The molecule has 0 saturated carbocycles. The summed E-state index contributed by atoms with van der Waals surface area (Å²) in [4.78, 5) is 15.9. The largest absolute Gasteiger partial charge is 0.336 e. The van der Waals surface area contributed by atoms with Gasteiger partial charge in [-0.15, -0.1) is 11.3 Å². The molecule has 3 nitrogen and oxygen atoms in total. The van der Waals surface area contributed by atoms with Gasteiger partial charge in [0.15, 0.2) is 0 Å². The lowest BCUT2D eigenvalue weighted by Crippen LogP contribution is -2.38. The molecule has 0 radical (unpaired) electrons. The van der Waals surface area contributed by atoms with Crippen LogP contribution < -0.4 is 5.32 Å². The number of nitrogens with one attached hydrogen (secondary N) is 1. The number of likely N-dealkylation sites (tertiary alicyclic amines) is 1. The minimum atomic E-state index is 0.197. The number of fused-ring (bicyclic) bond motifs is 2. The van der Waals surface area contributed by atoms with Crippen molar-refractivity contribution in [3.05, 3.63) is 46.7 Å². The van der Waals surface area contributed by atoms with Gasteiger partial charge in [-0.2, -0.15) is 0 Å². The second-order valence-electron chi connectivity index (χ2n) is 6.21. The molecule has 2 aliphatic rings. The van der Waals surface area contributed by atoms with E-state index < -0.39 is 0 Å². The van der Waals surface area contributed by atoms with Gasteiger partial charge < -0.3 is 10.2 Å². The first-order valence-electron chi connectivity index (χ1n) is 7.99. The number of rotatable bonds is 2. The Morgan fingerprint density at radius 3 is 2.77 bits per heavy atom. The molecule has 4 heteroatoms. The number of benzene rings is 1. The van der Waals surface area contributed by atoms with Crippen LogP contribution in [0.2, 0.25) is 0 Å². The van der Waals surface area contributed by atoms with Gasteiger partial charge in [-0.25, -0.2) is 0 Å². The molecule has 2 fully saturated rings. The summed E-state index contributed by atoms with van der Waals surface area (Å²) in [5.74, 6) is 0.197. The van der Waals surface area contributed by atoms with Crippen LogP contribution in [-0.4, -0.2) is 36.0 Å². The second kappa shape index (κ2) is 5.86. The Kier molecular flexibility index (Phi) is 3.72. The van der Waals surface area contributed by atoms with Crippen molar-refractivity contribution in [2.45, 2.75) is 31.3 Å². The first kappa shape index (κ1) is 14.0. The molecule has 1 N–H and O–H groups in total. The van der Waals surface area contributed by atoms with E-state index in [9.17, 15) is 4.79 Å². The Hall–Kier alpha value is -1.65. The maximum absolute atomic E-state index is 13.0. The van der Waals surface area contributed by atoms with Crippen LogP contribution in [0, 0.1) is 0 Å². The van der Waals surface area contributed by atoms with Gasteiger partial charge in [0, 0.05) is 30.7 Å². The number of hydrogen-bond acceptors (Lipinski definition) is 3. The summed E-state index contributed by atoms with van der Waals surface area (Å²) in [5, 5.41) is 5.66. The van der Waals surface area contributed by atoms with Crippen molar-refractivity contribution >= 4 is 17.2 Å². The predicted molar refractivity (Wildman–Crippen MR) is 90.2 cm³/mol. The summed E-state index contributed by atoms with van der Waals surface area (Å²) in [6.07, 6.45) is 3.54. The summed E-state index contributed by atoms with van der Waals surface area (Å²) in [7, 11) is 0. The van der Waals surface area contributed by atoms with Crippen molar-refractivity contribution in [1.82, 2.24) is 10.2 Å². The molecule has 2 aliphatic heterocycles. The summed E-state index contributed by atoms with van der Waals surface area (Å²) >= 11 is 1.56. The number of carbonyl (C=O) groups excluding carboxylic acids is 1. The predicted octanol–water partition coefficient (Wildman–Crippen LogP) is 3.38. The number of thiophene rings is 1. The van der Waals surface area contributed by atoms with Gasteiger partial charge in [-0.3, -0.25) is 4.79 Å². The minimum Gasteiger partial charge on any atom is -0.336 e. The van der Waals surface area contributed by atoms with Gasteiger partial charge in [0.05, 0.1) is 4.88 Å². The van der Waals surface area contributed by atoms with E-state index in [2.05, 4.69) is 28.4 Å².